The molecule has 0 amide bonds. The van der Waals surface area contributed by atoms with Crippen LogP contribution < -0.4 is 5.32 Å². The highest BCUT2D eigenvalue weighted by Crippen LogP contribution is 2.32. The second-order valence-corrected chi connectivity index (χ2v) is 6.46. The van der Waals surface area contributed by atoms with Gasteiger partial charge in [0.25, 0.3) is 0 Å². The molecule has 1 aromatic heterocycles. The van der Waals surface area contributed by atoms with Gasteiger partial charge in [0.2, 0.25) is 0 Å². The fraction of sp³-hybridized carbons (Fsp3) is 0.692. The van der Waals surface area contributed by atoms with E-state index < -0.39 is 0 Å². The lowest BCUT2D eigenvalue weighted by atomic mass is 9.92. The molecule has 0 bridgehead atoms. The average Bonchev–Trinajstić information content (AvgIpc) is 2.20. The molecule has 1 rings (SSSR count). The summed E-state index contributed by atoms with van der Waals surface area (Å²) < 4.78 is 0.972. The number of hydrogen-bond acceptors (Lipinski definition) is 4. The summed E-state index contributed by atoms with van der Waals surface area (Å²) in [7, 11) is 4.05. The van der Waals surface area contributed by atoms with Crippen LogP contribution in [0.15, 0.2) is 4.47 Å². The number of rotatable bonds is 4. The second kappa shape index (κ2) is 5.97. The van der Waals surface area contributed by atoms with E-state index in [9.17, 15) is 0 Å². The van der Waals surface area contributed by atoms with Crippen molar-refractivity contribution < 1.29 is 0 Å². The first kappa shape index (κ1) is 15.4. The van der Waals surface area contributed by atoms with Crippen molar-refractivity contribution in [2.45, 2.75) is 39.7 Å². The quantitative estimate of drug-likeness (QED) is 0.927. The van der Waals surface area contributed by atoms with Gasteiger partial charge in [0.15, 0.2) is 0 Å². The van der Waals surface area contributed by atoms with Crippen LogP contribution in [0.1, 0.15) is 39.2 Å². The molecule has 0 unspecified atom stereocenters. The third kappa shape index (κ3) is 3.92. The highest BCUT2D eigenvalue weighted by molar-refractivity contribution is 9.10. The normalized spacial score (nSPS) is 12.0. The molecule has 102 valence electrons. The van der Waals surface area contributed by atoms with E-state index in [-0.39, 0.29) is 5.41 Å². The number of hydrogen-bond donors (Lipinski definition) is 1. The first-order valence-corrected chi connectivity index (χ1v) is 7.00. The van der Waals surface area contributed by atoms with E-state index in [4.69, 9.17) is 0 Å². The lowest BCUT2D eigenvalue weighted by molar-refractivity contribution is 0.388. The summed E-state index contributed by atoms with van der Waals surface area (Å²) in [5.74, 6) is 1.73. The van der Waals surface area contributed by atoms with Crippen LogP contribution in [-0.2, 0) is 12.0 Å². The van der Waals surface area contributed by atoms with Crippen LogP contribution in [0.3, 0.4) is 0 Å². The van der Waals surface area contributed by atoms with Crippen molar-refractivity contribution in [2.24, 2.45) is 0 Å². The molecule has 0 atom stereocenters. The third-order valence-corrected chi connectivity index (χ3v) is 3.16. The Labute approximate surface area is 118 Å². The molecule has 5 heteroatoms. The topological polar surface area (TPSA) is 41.1 Å². The largest absolute Gasteiger partial charge is 0.369 e. The average molecular weight is 315 g/mol. The number of nitrogens with zero attached hydrogens (tertiary/aromatic N) is 3. The Morgan fingerprint density at radius 2 is 1.83 bits per heavy atom. The maximum absolute atomic E-state index is 4.69. The molecule has 0 aliphatic rings. The van der Waals surface area contributed by atoms with Crippen molar-refractivity contribution in [1.82, 2.24) is 14.9 Å². The molecule has 0 saturated heterocycles. The highest BCUT2D eigenvalue weighted by atomic mass is 79.9. The monoisotopic (exact) mass is 314 g/mol. The molecule has 1 aromatic rings. The summed E-state index contributed by atoms with van der Waals surface area (Å²) >= 11 is 3.62. The van der Waals surface area contributed by atoms with Crippen LogP contribution in [0.25, 0.3) is 0 Å². The Morgan fingerprint density at radius 3 is 2.28 bits per heavy atom. The maximum atomic E-state index is 4.69. The van der Waals surface area contributed by atoms with Gasteiger partial charge < -0.3 is 10.2 Å². The second-order valence-electron chi connectivity index (χ2n) is 5.67. The van der Waals surface area contributed by atoms with E-state index in [1.54, 1.807) is 0 Å². The lowest BCUT2D eigenvalue weighted by Crippen LogP contribution is -2.21. The van der Waals surface area contributed by atoms with Crippen LogP contribution in [0.2, 0.25) is 0 Å². The van der Waals surface area contributed by atoms with Gasteiger partial charge in [0.05, 0.1) is 16.7 Å². The predicted molar refractivity (Wildman–Crippen MR) is 80.0 cm³/mol. The first-order valence-electron chi connectivity index (χ1n) is 6.21. The van der Waals surface area contributed by atoms with Crippen LogP contribution in [0.4, 0.5) is 5.82 Å². The SMILES string of the molecule is CCNc1nc(CN(C)C)nc(C(C)(C)C)c1Br. The standard InChI is InChI=1S/C13H23BrN4/c1-7-15-12-10(14)11(13(2,3)4)16-9(17-12)8-18(5)6/h7-8H2,1-6H3,(H,15,16,17). The molecular weight excluding hydrogens is 292 g/mol. The van der Waals surface area contributed by atoms with Gasteiger partial charge in [-0.25, -0.2) is 9.97 Å². The molecule has 0 aliphatic carbocycles. The molecular formula is C13H23BrN4. The van der Waals surface area contributed by atoms with E-state index >= 15 is 0 Å². The van der Waals surface area contributed by atoms with Gasteiger partial charge in [-0.2, -0.15) is 0 Å². The molecule has 0 aromatic carbocycles. The van der Waals surface area contributed by atoms with Crippen molar-refractivity contribution in [3.63, 3.8) is 0 Å². The van der Waals surface area contributed by atoms with E-state index in [1.807, 2.05) is 14.1 Å². The van der Waals surface area contributed by atoms with E-state index in [0.717, 1.165) is 34.9 Å². The van der Waals surface area contributed by atoms with Crippen LogP contribution in [0, 0.1) is 0 Å². The zero-order valence-corrected chi connectivity index (χ0v) is 13.7. The Hall–Kier alpha value is -0.680. The molecule has 0 saturated carbocycles. The molecule has 0 fully saturated rings. The highest BCUT2D eigenvalue weighted by Gasteiger charge is 2.23. The van der Waals surface area contributed by atoms with Crippen molar-refractivity contribution >= 4 is 21.7 Å². The van der Waals surface area contributed by atoms with Gasteiger partial charge in [0.1, 0.15) is 11.6 Å². The van der Waals surface area contributed by atoms with Crippen molar-refractivity contribution in [3.05, 3.63) is 16.0 Å². The fourth-order valence-corrected chi connectivity index (χ4v) is 2.54. The number of aromatic nitrogens is 2. The Balaban J connectivity index is 3.27. The molecule has 0 spiro atoms. The van der Waals surface area contributed by atoms with Crippen molar-refractivity contribution in [2.75, 3.05) is 26.0 Å². The zero-order valence-electron chi connectivity index (χ0n) is 12.1. The Bertz CT molecular complexity index is 410. The van der Waals surface area contributed by atoms with Gasteiger partial charge in [0, 0.05) is 12.0 Å². The van der Waals surface area contributed by atoms with Crippen LogP contribution in [-0.4, -0.2) is 35.5 Å². The van der Waals surface area contributed by atoms with Crippen LogP contribution >= 0.6 is 15.9 Å². The number of halogens is 1. The Morgan fingerprint density at radius 1 is 1.22 bits per heavy atom. The number of anilines is 1. The van der Waals surface area contributed by atoms with Crippen molar-refractivity contribution in [1.29, 1.82) is 0 Å². The maximum Gasteiger partial charge on any atom is 0.145 e. The fourth-order valence-electron chi connectivity index (χ4n) is 1.63. The summed E-state index contributed by atoms with van der Waals surface area (Å²) in [5, 5.41) is 3.29. The van der Waals surface area contributed by atoms with E-state index in [1.165, 1.54) is 0 Å². The van der Waals surface area contributed by atoms with Gasteiger partial charge in [-0.1, -0.05) is 20.8 Å². The van der Waals surface area contributed by atoms with Gasteiger partial charge in [-0.3, -0.25) is 0 Å². The summed E-state index contributed by atoms with van der Waals surface area (Å²) in [4.78, 5) is 11.3. The molecule has 0 aliphatic heterocycles. The van der Waals surface area contributed by atoms with Gasteiger partial charge >= 0.3 is 0 Å². The van der Waals surface area contributed by atoms with E-state index in [2.05, 4.69) is 63.8 Å². The Kier molecular flexibility index (Phi) is 5.10. The minimum absolute atomic E-state index is 0.00694. The van der Waals surface area contributed by atoms with Crippen molar-refractivity contribution in [3.8, 4) is 0 Å². The van der Waals surface area contributed by atoms with E-state index in [0.29, 0.717) is 0 Å². The third-order valence-electron chi connectivity index (χ3n) is 2.41. The molecule has 1 N–H and O–H groups in total. The summed E-state index contributed by atoms with van der Waals surface area (Å²) in [5.41, 5.74) is 1.04. The minimum atomic E-state index is -0.00694. The summed E-state index contributed by atoms with van der Waals surface area (Å²) in [6.07, 6.45) is 0. The molecule has 18 heavy (non-hydrogen) atoms. The predicted octanol–water partition coefficient (Wildman–Crippen LogP) is 3.03. The lowest BCUT2D eigenvalue weighted by Gasteiger charge is -2.22. The smallest absolute Gasteiger partial charge is 0.145 e. The molecule has 1 heterocycles. The van der Waals surface area contributed by atoms with Gasteiger partial charge in [-0.05, 0) is 36.9 Å². The zero-order chi connectivity index (χ0) is 13.9. The number of nitrogens with one attached hydrogen (secondary N) is 1. The van der Waals surface area contributed by atoms with Crippen LogP contribution in [0.5, 0.6) is 0 Å². The molecule has 4 nitrogen and oxygen atoms in total. The minimum Gasteiger partial charge on any atom is -0.369 e. The summed E-state index contributed by atoms with van der Waals surface area (Å²) in [6, 6.07) is 0. The first-order chi connectivity index (χ1) is 8.25. The summed E-state index contributed by atoms with van der Waals surface area (Å²) in [6.45, 7) is 10.1. The van der Waals surface area contributed by atoms with Gasteiger partial charge in [-0.15, -0.1) is 0 Å². The molecule has 0 radical (unpaired) electrons.